The highest BCUT2D eigenvalue weighted by molar-refractivity contribution is 7.93. The van der Waals surface area contributed by atoms with Crippen molar-refractivity contribution in [3.63, 3.8) is 0 Å². The van der Waals surface area contributed by atoms with Crippen LogP contribution in [0.1, 0.15) is 31.7 Å². The number of nitrogens with two attached hydrogens (primary N) is 1. The highest BCUT2D eigenvalue weighted by Crippen LogP contribution is 2.27. The van der Waals surface area contributed by atoms with Crippen molar-refractivity contribution in [2.45, 2.75) is 30.9 Å². The van der Waals surface area contributed by atoms with Gasteiger partial charge in [0.05, 0.1) is 12.2 Å². The molecule has 1 atom stereocenters. The Bertz CT molecular complexity index is 622. The third kappa shape index (κ3) is 4.04. The molecule has 0 heterocycles. The molecule has 1 rings (SSSR count). The van der Waals surface area contributed by atoms with Gasteiger partial charge in [-0.15, -0.1) is 0 Å². The van der Waals surface area contributed by atoms with E-state index in [0.29, 0.717) is 5.56 Å². The van der Waals surface area contributed by atoms with Crippen molar-refractivity contribution in [3.05, 3.63) is 35.9 Å². The molecule has 0 aliphatic heterocycles. The van der Waals surface area contributed by atoms with Gasteiger partial charge >= 0.3 is 5.97 Å². The number of sulfone groups is 1. The fraction of sp³-hybridized carbons (Fsp3) is 0.429. The summed E-state index contributed by atoms with van der Waals surface area (Å²) in [5.41, 5.74) is 5.74. The maximum atomic E-state index is 12.4. The Morgan fingerprint density at radius 1 is 1.24 bits per heavy atom. The van der Waals surface area contributed by atoms with Crippen molar-refractivity contribution in [1.82, 2.24) is 0 Å². The number of hydrogen-bond donors (Lipinski definition) is 2. The van der Waals surface area contributed by atoms with E-state index < -0.39 is 38.1 Å². The summed E-state index contributed by atoms with van der Waals surface area (Å²) in [6, 6.07) is 8.50. The number of carboxylic acids is 1. The van der Waals surface area contributed by atoms with Gasteiger partial charge in [0, 0.05) is 5.92 Å². The van der Waals surface area contributed by atoms with E-state index >= 15 is 0 Å². The largest absolute Gasteiger partial charge is 0.481 e. The van der Waals surface area contributed by atoms with Crippen molar-refractivity contribution in [1.29, 1.82) is 0 Å². The molecule has 0 aliphatic rings. The number of primary amides is 1. The van der Waals surface area contributed by atoms with Gasteiger partial charge in [0.2, 0.25) is 5.91 Å². The lowest BCUT2D eigenvalue weighted by Crippen LogP contribution is -2.47. The Kier molecular flexibility index (Phi) is 5.11. The van der Waals surface area contributed by atoms with Crippen molar-refractivity contribution < 1.29 is 23.1 Å². The average Bonchev–Trinajstić information content (AvgIpc) is 2.37. The summed E-state index contributed by atoms with van der Waals surface area (Å²) in [7, 11) is -3.89. The zero-order valence-electron chi connectivity index (χ0n) is 11.9. The second-order valence-corrected chi connectivity index (χ2v) is 7.94. The van der Waals surface area contributed by atoms with E-state index in [4.69, 9.17) is 10.8 Å². The van der Waals surface area contributed by atoms with Gasteiger partial charge in [-0.2, -0.15) is 0 Å². The molecule has 6 nitrogen and oxygen atoms in total. The van der Waals surface area contributed by atoms with E-state index in [1.165, 1.54) is 13.8 Å². The molecule has 1 amide bonds. The number of hydrogen-bond acceptors (Lipinski definition) is 4. The minimum absolute atomic E-state index is 0.335. The SMILES string of the molecule is CC(C)(C(N)=O)S(=O)(=O)CC(CC(=O)O)c1ccccc1. The number of carbonyl (C=O) groups is 2. The van der Waals surface area contributed by atoms with E-state index in [0.717, 1.165) is 0 Å². The summed E-state index contributed by atoms with van der Waals surface area (Å²) in [5.74, 6) is -3.23. The molecular formula is C14H19NO5S. The molecule has 1 aromatic rings. The molecule has 0 radical (unpaired) electrons. The highest BCUT2D eigenvalue weighted by atomic mass is 32.2. The van der Waals surface area contributed by atoms with Crippen molar-refractivity contribution in [2.24, 2.45) is 5.73 Å². The van der Waals surface area contributed by atoms with E-state index in [-0.39, 0.29) is 6.42 Å². The van der Waals surface area contributed by atoms with Crippen LogP contribution < -0.4 is 5.73 Å². The smallest absolute Gasteiger partial charge is 0.303 e. The molecule has 116 valence electrons. The fourth-order valence-electron chi connectivity index (χ4n) is 1.84. The number of carboxylic acid groups (broad SMARTS) is 1. The van der Waals surface area contributed by atoms with Gasteiger partial charge in [0.25, 0.3) is 0 Å². The van der Waals surface area contributed by atoms with Crippen LogP contribution >= 0.6 is 0 Å². The van der Waals surface area contributed by atoms with E-state index in [1.807, 2.05) is 0 Å². The van der Waals surface area contributed by atoms with Crippen LogP contribution in [0.3, 0.4) is 0 Å². The first-order valence-electron chi connectivity index (χ1n) is 6.37. The molecule has 0 saturated heterocycles. The third-order valence-corrected chi connectivity index (χ3v) is 6.08. The van der Waals surface area contributed by atoms with Gasteiger partial charge in [-0.1, -0.05) is 30.3 Å². The van der Waals surface area contributed by atoms with Gasteiger partial charge < -0.3 is 10.8 Å². The first kappa shape index (κ1) is 17.2. The van der Waals surface area contributed by atoms with Crippen molar-refractivity contribution in [3.8, 4) is 0 Å². The van der Waals surface area contributed by atoms with E-state index in [1.54, 1.807) is 30.3 Å². The molecule has 0 spiro atoms. The molecule has 0 saturated carbocycles. The van der Waals surface area contributed by atoms with Crippen LogP contribution in [-0.4, -0.2) is 35.9 Å². The summed E-state index contributed by atoms with van der Waals surface area (Å²) in [4.78, 5) is 22.3. The van der Waals surface area contributed by atoms with Crippen LogP contribution in [0.4, 0.5) is 0 Å². The first-order valence-corrected chi connectivity index (χ1v) is 8.02. The molecule has 0 fully saturated rings. The van der Waals surface area contributed by atoms with Gasteiger partial charge in [0.15, 0.2) is 9.84 Å². The number of rotatable bonds is 7. The Balaban J connectivity index is 3.13. The second-order valence-electron chi connectivity index (χ2n) is 5.36. The monoisotopic (exact) mass is 313 g/mol. The van der Waals surface area contributed by atoms with Crippen LogP contribution in [0, 0.1) is 0 Å². The van der Waals surface area contributed by atoms with Crippen molar-refractivity contribution in [2.75, 3.05) is 5.75 Å². The number of amides is 1. The van der Waals surface area contributed by atoms with Crippen LogP contribution in [0.5, 0.6) is 0 Å². The molecule has 3 N–H and O–H groups in total. The number of carbonyl (C=O) groups excluding carboxylic acids is 1. The van der Waals surface area contributed by atoms with Gasteiger partial charge in [-0.25, -0.2) is 8.42 Å². The Morgan fingerprint density at radius 2 is 1.76 bits per heavy atom. The molecule has 0 aliphatic carbocycles. The topological polar surface area (TPSA) is 115 Å². The maximum Gasteiger partial charge on any atom is 0.303 e. The lowest BCUT2D eigenvalue weighted by atomic mass is 9.98. The summed E-state index contributed by atoms with van der Waals surface area (Å²) in [6.07, 6.45) is -0.335. The van der Waals surface area contributed by atoms with Crippen LogP contribution in [0.2, 0.25) is 0 Å². The highest BCUT2D eigenvalue weighted by Gasteiger charge is 2.41. The lowest BCUT2D eigenvalue weighted by molar-refractivity contribution is -0.137. The molecular weight excluding hydrogens is 294 g/mol. The van der Waals surface area contributed by atoms with Gasteiger partial charge in [-0.3, -0.25) is 9.59 Å². The minimum Gasteiger partial charge on any atom is -0.481 e. The summed E-state index contributed by atoms with van der Waals surface area (Å²) < 4.78 is 23.0. The van der Waals surface area contributed by atoms with Gasteiger partial charge in [0.1, 0.15) is 4.75 Å². The zero-order chi connectivity index (χ0) is 16.3. The lowest BCUT2D eigenvalue weighted by Gasteiger charge is -2.24. The van der Waals surface area contributed by atoms with Crippen molar-refractivity contribution >= 4 is 21.7 Å². The third-order valence-electron chi connectivity index (χ3n) is 3.48. The Hall–Kier alpha value is -1.89. The number of aliphatic carboxylic acids is 1. The summed E-state index contributed by atoms with van der Waals surface area (Å²) in [5, 5.41) is 8.97. The molecule has 1 aromatic carbocycles. The molecule has 0 bridgehead atoms. The van der Waals surface area contributed by atoms with Crippen LogP contribution in [0.15, 0.2) is 30.3 Å². The Labute approximate surface area is 123 Å². The minimum atomic E-state index is -3.89. The molecule has 7 heteroatoms. The summed E-state index contributed by atoms with van der Waals surface area (Å²) in [6.45, 7) is 2.46. The van der Waals surface area contributed by atoms with Gasteiger partial charge in [-0.05, 0) is 19.4 Å². The average molecular weight is 313 g/mol. The summed E-state index contributed by atoms with van der Waals surface area (Å²) >= 11 is 0. The normalized spacial score (nSPS) is 13.6. The molecule has 1 unspecified atom stereocenters. The fourth-order valence-corrected chi connectivity index (χ4v) is 3.40. The maximum absolute atomic E-state index is 12.4. The van der Waals surface area contributed by atoms with Crippen LogP contribution in [-0.2, 0) is 19.4 Å². The predicted octanol–water partition coefficient (Wildman–Crippen LogP) is 0.924. The molecule has 21 heavy (non-hydrogen) atoms. The first-order chi connectivity index (χ1) is 9.58. The van der Waals surface area contributed by atoms with E-state index in [9.17, 15) is 18.0 Å². The predicted molar refractivity (Wildman–Crippen MR) is 78.5 cm³/mol. The number of benzene rings is 1. The Morgan fingerprint density at radius 3 is 2.19 bits per heavy atom. The van der Waals surface area contributed by atoms with Crippen LogP contribution in [0.25, 0.3) is 0 Å². The zero-order valence-corrected chi connectivity index (χ0v) is 12.8. The second kappa shape index (κ2) is 6.26. The van der Waals surface area contributed by atoms with E-state index in [2.05, 4.69) is 0 Å². The molecule has 0 aromatic heterocycles. The quantitative estimate of drug-likeness (QED) is 0.777. The standard InChI is InChI=1S/C14H19NO5S/c1-14(2,13(15)18)21(19,20)9-11(8-12(16)17)10-6-4-3-5-7-10/h3-7,11H,8-9H2,1-2H3,(H2,15,18)(H,16,17).